The Morgan fingerprint density at radius 3 is 2.75 bits per heavy atom. The molecule has 4 rings (SSSR count). The van der Waals surface area contributed by atoms with Gasteiger partial charge < -0.3 is 4.98 Å². The Morgan fingerprint density at radius 1 is 1.12 bits per heavy atom. The Morgan fingerprint density at radius 2 is 1.92 bits per heavy atom. The van der Waals surface area contributed by atoms with Crippen molar-refractivity contribution in [3.8, 4) is 6.07 Å². The minimum absolute atomic E-state index is 0.499. The van der Waals surface area contributed by atoms with Gasteiger partial charge in [-0.3, -0.25) is 0 Å². The Hall–Kier alpha value is -2.83. The number of nitrogens with zero attached hydrogens (tertiary/aromatic N) is 2. The summed E-state index contributed by atoms with van der Waals surface area (Å²) in [6.07, 6.45) is 3.61. The van der Waals surface area contributed by atoms with Crippen LogP contribution in [0.2, 0.25) is 0 Å². The van der Waals surface area contributed by atoms with Crippen molar-refractivity contribution < 1.29 is 0 Å². The van der Waals surface area contributed by atoms with E-state index in [-0.39, 0.29) is 0 Å². The van der Waals surface area contributed by atoms with E-state index < -0.39 is 0 Å². The summed E-state index contributed by atoms with van der Waals surface area (Å²) in [6.45, 7) is 0. The van der Waals surface area contributed by atoms with Gasteiger partial charge in [-0.2, -0.15) is 5.26 Å². The number of hydrogen-bond donors (Lipinski definition) is 1. The molecule has 1 N–H and O–H groups in total. The molecule has 1 aromatic heterocycles. The Balaban J connectivity index is 1.80. The number of aryl methyl sites for hydroxylation is 1. The number of nitrogens with one attached hydrogen (secondary N) is 1. The number of allylic oxidation sites excluding steroid dienone is 3. The van der Waals surface area contributed by atoms with Crippen molar-refractivity contribution >= 4 is 33.2 Å². The summed E-state index contributed by atoms with van der Waals surface area (Å²) in [7, 11) is 0. The van der Waals surface area contributed by atoms with Crippen molar-refractivity contribution in [1.82, 2.24) is 9.97 Å². The van der Waals surface area contributed by atoms with E-state index in [0.717, 1.165) is 40.0 Å². The Kier molecular flexibility index (Phi) is 3.68. The second kappa shape index (κ2) is 5.99. The standard InChI is InChI=1S/C20H14ClN3/c21-19-14(10-9-13-5-1-2-6-16(13)19)11-15(12-22)20-23-17-7-3-4-8-18(17)24-20/h1-8,11H,9-10H2,(H,23,24). The lowest BCUT2D eigenvalue weighted by Crippen LogP contribution is -2.01. The molecular formula is C20H14ClN3. The number of aromatic nitrogens is 2. The zero-order valence-corrected chi connectivity index (χ0v) is 13.6. The molecule has 0 saturated heterocycles. The van der Waals surface area contributed by atoms with Gasteiger partial charge in [0.2, 0.25) is 0 Å². The maximum atomic E-state index is 9.57. The molecule has 1 heterocycles. The molecular weight excluding hydrogens is 318 g/mol. The van der Waals surface area contributed by atoms with E-state index in [1.165, 1.54) is 5.56 Å². The van der Waals surface area contributed by atoms with Crippen LogP contribution in [0.3, 0.4) is 0 Å². The molecule has 0 fully saturated rings. The van der Waals surface area contributed by atoms with Crippen LogP contribution in [0.1, 0.15) is 23.4 Å². The first kappa shape index (κ1) is 14.7. The molecule has 3 nitrogen and oxygen atoms in total. The van der Waals surface area contributed by atoms with Crippen LogP contribution in [0.4, 0.5) is 0 Å². The highest BCUT2D eigenvalue weighted by Gasteiger charge is 2.17. The molecule has 0 bridgehead atoms. The molecule has 116 valence electrons. The number of benzene rings is 2. The maximum absolute atomic E-state index is 9.57. The van der Waals surface area contributed by atoms with E-state index in [0.29, 0.717) is 11.4 Å². The minimum Gasteiger partial charge on any atom is -0.337 e. The largest absolute Gasteiger partial charge is 0.337 e. The SMILES string of the molecule is N#CC(=CC1=C(Cl)c2ccccc2CC1)c1nc2ccccc2[nH]1. The molecule has 0 unspecified atom stereocenters. The quantitative estimate of drug-likeness (QED) is 0.667. The average Bonchev–Trinajstić information content (AvgIpc) is 3.05. The van der Waals surface area contributed by atoms with Crippen molar-refractivity contribution in [2.45, 2.75) is 12.8 Å². The third kappa shape index (κ3) is 2.51. The van der Waals surface area contributed by atoms with Gasteiger partial charge in [0.05, 0.1) is 21.6 Å². The van der Waals surface area contributed by atoms with Crippen LogP contribution in [0.25, 0.3) is 21.6 Å². The molecule has 0 aliphatic heterocycles. The van der Waals surface area contributed by atoms with Crippen molar-refractivity contribution in [3.05, 3.63) is 77.1 Å². The molecule has 2 aromatic carbocycles. The van der Waals surface area contributed by atoms with Gasteiger partial charge in [-0.25, -0.2) is 4.98 Å². The van der Waals surface area contributed by atoms with Crippen LogP contribution in [0.5, 0.6) is 0 Å². The van der Waals surface area contributed by atoms with Crippen molar-refractivity contribution in [1.29, 1.82) is 5.26 Å². The molecule has 1 aliphatic carbocycles. The van der Waals surface area contributed by atoms with Gasteiger partial charge in [-0.05, 0) is 47.8 Å². The highest BCUT2D eigenvalue weighted by molar-refractivity contribution is 6.49. The van der Waals surface area contributed by atoms with Gasteiger partial charge in [0.25, 0.3) is 0 Å². The zero-order chi connectivity index (χ0) is 16.5. The lowest BCUT2D eigenvalue weighted by molar-refractivity contribution is 0.947. The summed E-state index contributed by atoms with van der Waals surface area (Å²) < 4.78 is 0. The molecule has 4 heteroatoms. The zero-order valence-electron chi connectivity index (χ0n) is 12.9. The van der Waals surface area contributed by atoms with Crippen molar-refractivity contribution in [3.63, 3.8) is 0 Å². The average molecular weight is 332 g/mol. The van der Waals surface area contributed by atoms with Gasteiger partial charge in [0, 0.05) is 0 Å². The predicted octanol–water partition coefficient (Wildman–Crippen LogP) is 5.07. The molecule has 0 spiro atoms. The number of H-pyrrole nitrogens is 1. The van der Waals surface area contributed by atoms with Gasteiger partial charge in [0.1, 0.15) is 11.9 Å². The summed E-state index contributed by atoms with van der Waals surface area (Å²) in [4.78, 5) is 7.71. The molecule has 1 aliphatic rings. The van der Waals surface area contributed by atoms with Crippen LogP contribution in [0, 0.1) is 11.3 Å². The number of nitriles is 1. The number of halogens is 1. The number of para-hydroxylation sites is 2. The third-order valence-corrected chi connectivity index (χ3v) is 4.73. The first-order valence-corrected chi connectivity index (χ1v) is 8.18. The highest BCUT2D eigenvalue weighted by atomic mass is 35.5. The Labute approximate surface area is 144 Å². The summed E-state index contributed by atoms with van der Waals surface area (Å²) in [6, 6.07) is 18.1. The normalized spacial score (nSPS) is 14.6. The second-order valence-electron chi connectivity index (χ2n) is 5.77. The summed E-state index contributed by atoms with van der Waals surface area (Å²) >= 11 is 6.58. The van der Waals surface area contributed by atoms with Crippen LogP contribution in [-0.4, -0.2) is 9.97 Å². The third-order valence-electron chi connectivity index (χ3n) is 4.28. The van der Waals surface area contributed by atoms with E-state index in [4.69, 9.17) is 11.6 Å². The molecule has 0 radical (unpaired) electrons. The monoisotopic (exact) mass is 331 g/mol. The molecule has 0 saturated carbocycles. The van der Waals surface area contributed by atoms with E-state index >= 15 is 0 Å². The number of hydrogen-bond acceptors (Lipinski definition) is 2. The smallest absolute Gasteiger partial charge is 0.149 e. The van der Waals surface area contributed by atoms with Gasteiger partial charge >= 0.3 is 0 Å². The number of imidazole rings is 1. The lowest BCUT2D eigenvalue weighted by atomic mass is 9.91. The van der Waals surface area contributed by atoms with E-state index in [9.17, 15) is 5.26 Å². The van der Waals surface area contributed by atoms with E-state index in [2.05, 4.69) is 22.1 Å². The van der Waals surface area contributed by atoms with Gasteiger partial charge in [0.15, 0.2) is 0 Å². The van der Waals surface area contributed by atoms with Crippen LogP contribution >= 0.6 is 11.6 Å². The summed E-state index contributed by atoms with van der Waals surface area (Å²) in [5.41, 5.74) is 5.55. The van der Waals surface area contributed by atoms with Crippen LogP contribution in [0.15, 0.2) is 60.2 Å². The topological polar surface area (TPSA) is 52.5 Å². The first-order valence-electron chi connectivity index (χ1n) is 7.80. The minimum atomic E-state index is 0.499. The number of aromatic amines is 1. The maximum Gasteiger partial charge on any atom is 0.149 e. The van der Waals surface area contributed by atoms with Gasteiger partial charge in [-0.15, -0.1) is 0 Å². The van der Waals surface area contributed by atoms with Crippen molar-refractivity contribution in [2.24, 2.45) is 0 Å². The molecule has 0 atom stereocenters. The fraction of sp³-hybridized carbons (Fsp3) is 0.100. The first-order chi connectivity index (χ1) is 11.8. The molecule has 24 heavy (non-hydrogen) atoms. The van der Waals surface area contributed by atoms with E-state index in [1.807, 2.05) is 48.5 Å². The van der Waals surface area contributed by atoms with E-state index in [1.54, 1.807) is 0 Å². The van der Waals surface area contributed by atoms with Crippen LogP contribution in [-0.2, 0) is 6.42 Å². The predicted molar refractivity (Wildman–Crippen MR) is 97.2 cm³/mol. The summed E-state index contributed by atoms with van der Waals surface area (Å²) in [5, 5.41) is 10.3. The second-order valence-corrected chi connectivity index (χ2v) is 6.15. The molecule has 3 aromatic rings. The Bertz CT molecular complexity index is 1000. The number of fused-ring (bicyclic) bond motifs is 2. The van der Waals surface area contributed by atoms with Crippen LogP contribution < -0.4 is 0 Å². The summed E-state index contributed by atoms with van der Waals surface area (Å²) in [5.74, 6) is 0.578. The highest BCUT2D eigenvalue weighted by Crippen LogP contribution is 2.35. The number of rotatable bonds is 2. The van der Waals surface area contributed by atoms with Gasteiger partial charge in [-0.1, -0.05) is 48.0 Å². The lowest BCUT2D eigenvalue weighted by Gasteiger charge is -2.17. The van der Waals surface area contributed by atoms with Crippen molar-refractivity contribution in [2.75, 3.05) is 0 Å². The fourth-order valence-corrected chi connectivity index (χ4v) is 3.38. The molecule has 0 amide bonds. The fourth-order valence-electron chi connectivity index (χ4n) is 3.05.